The van der Waals surface area contributed by atoms with Crippen LogP contribution in [0.25, 0.3) is 44.2 Å². The van der Waals surface area contributed by atoms with E-state index >= 15 is 0 Å². The molecule has 0 bridgehead atoms. The summed E-state index contributed by atoms with van der Waals surface area (Å²) >= 11 is 3.66. The van der Waals surface area contributed by atoms with Crippen LogP contribution < -0.4 is 0 Å². The Morgan fingerprint density at radius 1 is 0.538 bits per heavy atom. The highest BCUT2D eigenvalue weighted by Crippen LogP contribution is 2.34. The number of furan rings is 1. The Hall–Kier alpha value is -2.84. The third-order valence-electron chi connectivity index (χ3n) is 4.76. The third kappa shape index (κ3) is 2.54. The molecule has 0 aliphatic carbocycles. The SMILES string of the molecule is Brc1ccccc1-c1cccc(-c2ccc3oc4ccccc4c3c2)c1. The lowest BCUT2D eigenvalue weighted by molar-refractivity contribution is 0.669. The minimum Gasteiger partial charge on any atom is -0.456 e. The van der Waals surface area contributed by atoms with Crippen LogP contribution in [-0.2, 0) is 0 Å². The number of halogens is 1. The molecule has 0 aliphatic heterocycles. The van der Waals surface area contributed by atoms with Crippen LogP contribution in [0.3, 0.4) is 0 Å². The second kappa shape index (κ2) is 6.15. The van der Waals surface area contributed by atoms with Gasteiger partial charge < -0.3 is 4.42 Å². The lowest BCUT2D eigenvalue weighted by Crippen LogP contribution is -1.82. The van der Waals surface area contributed by atoms with Gasteiger partial charge in [0.1, 0.15) is 11.2 Å². The van der Waals surface area contributed by atoms with Gasteiger partial charge in [-0.3, -0.25) is 0 Å². The molecule has 0 N–H and O–H groups in total. The minimum atomic E-state index is 0.928. The molecule has 5 rings (SSSR count). The van der Waals surface area contributed by atoms with Crippen molar-refractivity contribution in [3.8, 4) is 22.3 Å². The Bertz CT molecular complexity index is 1250. The monoisotopic (exact) mass is 398 g/mol. The van der Waals surface area contributed by atoms with E-state index in [1.54, 1.807) is 0 Å². The summed E-state index contributed by atoms with van der Waals surface area (Å²) in [6.07, 6.45) is 0. The fraction of sp³-hybridized carbons (Fsp3) is 0. The number of hydrogen-bond acceptors (Lipinski definition) is 1. The van der Waals surface area contributed by atoms with Crippen LogP contribution in [0.4, 0.5) is 0 Å². The van der Waals surface area contributed by atoms with Crippen molar-refractivity contribution >= 4 is 37.9 Å². The van der Waals surface area contributed by atoms with Crippen LogP contribution in [0.1, 0.15) is 0 Å². The average molecular weight is 399 g/mol. The van der Waals surface area contributed by atoms with Gasteiger partial charge in [0.15, 0.2) is 0 Å². The molecule has 0 saturated carbocycles. The van der Waals surface area contributed by atoms with Gasteiger partial charge in [-0.25, -0.2) is 0 Å². The van der Waals surface area contributed by atoms with Gasteiger partial charge in [-0.1, -0.05) is 76.6 Å². The molecule has 124 valence electrons. The first kappa shape index (κ1) is 15.4. The van der Waals surface area contributed by atoms with Gasteiger partial charge in [0, 0.05) is 15.2 Å². The third-order valence-corrected chi connectivity index (χ3v) is 5.45. The molecule has 0 saturated heterocycles. The number of para-hydroxylation sites is 1. The summed E-state index contributed by atoms with van der Waals surface area (Å²) in [6, 6.07) is 31.6. The highest BCUT2D eigenvalue weighted by Gasteiger charge is 2.09. The van der Waals surface area contributed by atoms with Crippen molar-refractivity contribution in [3.63, 3.8) is 0 Å². The Labute approximate surface area is 160 Å². The van der Waals surface area contributed by atoms with Gasteiger partial charge in [0.25, 0.3) is 0 Å². The van der Waals surface area contributed by atoms with Crippen molar-refractivity contribution in [1.82, 2.24) is 0 Å². The lowest BCUT2D eigenvalue weighted by atomic mass is 9.98. The Morgan fingerprint density at radius 2 is 1.27 bits per heavy atom. The van der Waals surface area contributed by atoms with Gasteiger partial charge in [-0.05, 0) is 52.6 Å². The first-order valence-corrected chi connectivity index (χ1v) is 9.35. The van der Waals surface area contributed by atoms with E-state index < -0.39 is 0 Å². The van der Waals surface area contributed by atoms with E-state index in [0.29, 0.717) is 0 Å². The van der Waals surface area contributed by atoms with Crippen LogP contribution in [0.15, 0.2) is 99.9 Å². The van der Waals surface area contributed by atoms with E-state index in [-0.39, 0.29) is 0 Å². The Kier molecular flexibility index (Phi) is 3.65. The van der Waals surface area contributed by atoms with E-state index in [4.69, 9.17) is 4.42 Å². The predicted octanol–water partition coefficient (Wildman–Crippen LogP) is 7.68. The number of benzene rings is 4. The Morgan fingerprint density at radius 3 is 2.19 bits per heavy atom. The predicted molar refractivity (Wildman–Crippen MR) is 112 cm³/mol. The molecule has 4 aromatic carbocycles. The highest BCUT2D eigenvalue weighted by atomic mass is 79.9. The number of fused-ring (bicyclic) bond motifs is 3. The van der Waals surface area contributed by atoms with E-state index in [2.05, 4.69) is 88.7 Å². The van der Waals surface area contributed by atoms with Crippen molar-refractivity contribution in [1.29, 1.82) is 0 Å². The number of rotatable bonds is 2. The molecule has 0 amide bonds. The fourth-order valence-corrected chi connectivity index (χ4v) is 3.98. The molecule has 0 atom stereocenters. The molecular formula is C24H15BrO. The zero-order chi connectivity index (χ0) is 17.5. The van der Waals surface area contributed by atoms with Gasteiger partial charge in [-0.15, -0.1) is 0 Å². The largest absolute Gasteiger partial charge is 0.456 e. The lowest BCUT2D eigenvalue weighted by Gasteiger charge is -2.08. The summed E-state index contributed by atoms with van der Waals surface area (Å²) in [5.41, 5.74) is 6.65. The molecule has 5 aromatic rings. The molecule has 1 aromatic heterocycles. The van der Waals surface area contributed by atoms with Crippen LogP contribution in [0, 0.1) is 0 Å². The standard InChI is InChI=1S/C24H15BrO/c25-22-10-3-1-8-19(22)18-7-5-6-16(14-18)17-12-13-24-21(15-17)20-9-2-4-11-23(20)26-24/h1-15H. The van der Waals surface area contributed by atoms with E-state index in [1.807, 2.05) is 18.2 Å². The smallest absolute Gasteiger partial charge is 0.135 e. The van der Waals surface area contributed by atoms with Crippen molar-refractivity contribution < 1.29 is 4.42 Å². The summed E-state index contributed by atoms with van der Waals surface area (Å²) in [4.78, 5) is 0. The quantitative estimate of drug-likeness (QED) is 0.297. The van der Waals surface area contributed by atoms with Crippen molar-refractivity contribution in [3.05, 3.63) is 95.5 Å². The molecule has 0 unspecified atom stereocenters. The molecule has 0 aliphatic rings. The second-order valence-electron chi connectivity index (χ2n) is 6.37. The molecule has 26 heavy (non-hydrogen) atoms. The summed E-state index contributed by atoms with van der Waals surface area (Å²) in [7, 11) is 0. The number of hydrogen-bond donors (Lipinski definition) is 0. The summed E-state index contributed by atoms with van der Waals surface area (Å²) in [5, 5.41) is 2.32. The van der Waals surface area contributed by atoms with Gasteiger partial charge in [0.2, 0.25) is 0 Å². The molecular weight excluding hydrogens is 384 g/mol. The summed E-state index contributed by atoms with van der Waals surface area (Å²) in [5.74, 6) is 0. The normalized spacial score (nSPS) is 11.3. The van der Waals surface area contributed by atoms with Gasteiger partial charge in [-0.2, -0.15) is 0 Å². The van der Waals surface area contributed by atoms with Crippen molar-refractivity contribution in [2.45, 2.75) is 0 Å². The maximum Gasteiger partial charge on any atom is 0.135 e. The highest BCUT2D eigenvalue weighted by molar-refractivity contribution is 9.10. The van der Waals surface area contributed by atoms with Crippen LogP contribution >= 0.6 is 15.9 Å². The average Bonchev–Trinajstić information content (AvgIpc) is 3.06. The fourth-order valence-electron chi connectivity index (χ4n) is 3.47. The zero-order valence-corrected chi connectivity index (χ0v) is 15.5. The molecule has 0 radical (unpaired) electrons. The minimum absolute atomic E-state index is 0.928. The van der Waals surface area contributed by atoms with Gasteiger partial charge in [0.05, 0.1) is 0 Å². The maximum atomic E-state index is 5.95. The molecule has 0 spiro atoms. The molecule has 1 nitrogen and oxygen atoms in total. The van der Waals surface area contributed by atoms with E-state index in [9.17, 15) is 0 Å². The van der Waals surface area contributed by atoms with Crippen LogP contribution in [0.2, 0.25) is 0 Å². The first-order chi connectivity index (χ1) is 12.8. The molecule has 0 fully saturated rings. The zero-order valence-electron chi connectivity index (χ0n) is 13.9. The summed E-state index contributed by atoms with van der Waals surface area (Å²) in [6.45, 7) is 0. The van der Waals surface area contributed by atoms with Crippen molar-refractivity contribution in [2.24, 2.45) is 0 Å². The summed E-state index contributed by atoms with van der Waals surface area (Å²) < 4.78 is 7.05. The van der Waals surface area contributed by atoms with Crippen LogP contribution in [-0.4, -0.2) is 0 Å². The van der Waals surface area contributed by atoms with E-state index in [0.717, 1.165) is 26.4 Å². The second-order valence-corrected chi connectivity index (χ2v) is 7.22. The Balaban J connectivity index is 1.67. The van der Waals surface area contributed by atoms with Gasteiger partial charge >= 0.3 is 0 Å². The van der Waals surface area contributed by atoms with E-state index in [1.165, 1.54) is 22.3 Å². The molecule has 1 heterocycles. The maximum absolute atomic E-state index is 5.95. The van der Waals surface area contributed by atoms with Crippen LogP contribution in [0.5, 0.6) is 0 Å². The van der Waals surface area contributed by atoms with Crippen molar-refractivity contribution in [2.75, 3.05) is 0 Å². The first-order valence-electron chi connectivity index (χ1n) is 8.56. The molecule has 2 heteroatoms. The topological polar surface area (TPSA) is 13.1 Å².